The van der Waals surface area contributed by atoms with Crippen molar-refractivity contribution in [3.05, 3.63) is 70.2 Å². The molecule has 2 saturated heterocycles. The van der Waals surface area contributed by atoms with Crippen LogP contribution in [-0.2, 0) is 23.2 Å². The van der Waals surface area contributed by atoms with Gasteiger partial charge in [0.15, 0.2) is 0 Å². The molecule has 1 amide bonds. The van der Waals surface area contributed by atoms with E-state index in [-0.39, 0.29) is 17.5 Å². The second-order valence-corrected chi connectivity index (χ2v) is 11.5. The van der Waals surface area contributed by atoms with Gasteiger partial charge < -0.3 is 15.1 Å². The first kappa shape index (κ1) is 25.7. The summed E-state index contributed by atoms with van der Waals surface area (Å²) in [6.07, 6.45) is 7.53. The van der Waals surface area contributed by atoms with E-state index in [0.717, 1.165) is 62.6 Å². The van der Waals surface area contributed by atoms with E-state index in [1.165, 1.54) is 30.4 Å². The Bertz CT molecular complexity index is 1030. The van der Waals surface area contributed by atoms with Crippen LogP contribution in [0.5, 0.6) is 0 Å². The van der Waals surface area contributed by atoms with Crippen LogP contribution in [0.4, 0.5) is 0 Å². The van der Waals surface area contributed by atoms with Gasteiger partial charge in [0, 0.05) is 42.8 Å². The van der Waals surface area contributed by atoms with Crippen LogP contribution in [0.25, 0.3) is 0 Å². The molecule has 0 radical (unpaired) electrons. The van der Waals surface area contributed by atoms with E-state index >= 15 is 0 Å². The van der Waals surface area contributed by atoms with Crippen molar-refractivity contribution in [3.63, 3.8) is 0 Å². The summed E-state index contributed by atoms with van der Waals surface area (Å²) < 4.78 is 0. The zero-order valence-corrected chi connectivity index (χ0v) is 22.6. The van der Waals surface area contributed by atoms with Crippen LogP contribution < -0.4 is 5.32 Å². The summed E-state index contributed by atoms with van der Waals surface area (Å²) in [6, 6.07) is 17.2. The Labute approximate surface area is 221 Å². The van der Waals surface area contributed by atoms with Crippen molar-refractivity contribution in [2.75, 3.05) is 46.8 Å². The van der Waals surface area contributed by atoms with Crippen molar-refractivity contribution >= 4 is 17.5 Å². The molecule has 2 atom stereocenters. The first-order valence-electron chi connectivity index (χ1n) is 13.7. The number of carbonyl (C=O) groups is 1. The van der Waals surface area contributed by atoms with Crippen molar-refractivity contribution < 1.29 is 4.79 Å². The Hall–Kier alpha value is -1.92. The fourth-order valence-electron chi connectivity index (χ4n) is 6.65. The van der Waals surface area contributed by atoms with Gasteiger partial charge in [-0.1, -0.05) is 54.4 Å². The van der Waals surface area contributed by atoms with E-state index in [0.29, 0.717) is 12.5 Å². The quantitative estimate of drug-likeness (QED) is 0.630. The molecular formula is C30H41ClN4O. The van der Waals surface area contributed by atoms with E-state index in [1.54, 1.807) is 0 Å². The first-order chi connectivity index (χ1) is 17.5. The molecule has 36 heavy (non-hydrogen) atoms. The molecule has 2 aromatic carbocycles. The molecule has 0 unspecified atom stereocenters. The lowest BCUT2D eigenvalue weighted by Gasteiger charge is -2.51. The van der Waals surface area contributed by atoms with Crippen molar-refractivity contribution in [2.24, 2.45) is 0 Å². The number of fused-ring (bicyclic) bond motifs is 2. The van der Waals surface area contributed by atoms with Gasteiger partial charge in [0.25, 0.3) is 0 Å². The summed E-state index contributed by atoms with van der Waals surface area (Å²) in [5, 5.41) is 4.43. The highest BCUT2D eigenvalue weighted by molar-refractivity contribution is 6.30. The van der Waals surface area contributed by atoms with Gasteiger partial charge in [-0.25, -0.2) is 0 Å². The maximum atomic E-state index is 13.9. The van der Waals surface area contributed by atoms with E-state index in [2.05, 4.69) is 70.5 Å². The van der Waals surface area contributed by atoms with Crippen molar-refractivity contribution in [1.29, 1.82) is 0 Å². The molecule has 6 heteroatoms. The first-order valence-corrected chi connectivity index (χ1v) is 14.1. The Morgan fingerprint density at radius 3 is 2.53 bits per heavy atom. The SMILES string of the molecule is CN1CCCC[C@@H]1CN[C@H](Cc1ccc(Cl)cc1)C(=O)N1CCC2(CC1)c1ccccc1CCN2C. The number of likely N-dealkylation sites (N-methyl/N-ethyl adjacent to an activating group) is 2. The number of amides is 1. The number of hydrogen-bond acceptors (Lipinski definition) is 4. The second kappa shape index (κ2) is 11.2. The number of likely N-dealkylation sites (tertiary alicyclic amines) is 2. The average Bonchev–Trinajstić information content (AvgIpc) is 2.91. The van der Waals surface area contributed by atoms with Gasteiger partial charge in [-0.05, 0) is 88.0 Å². The zero-order chi connectivity index (χ0) is 25.1. The molecule has 3 aliphatic rings. The predicted octanol–water partition coefficient (Wildman–Crippen LogP) is 4.33. The molecule has 0 saturated carbocycles. The molecule has 2 fully saturated rings. The van der Waals surface area contributed by atoms with Gasteiger partial charge in [-0.2, -0.15) is 0 Å². The van der Waals surface area contributed by atoms with Gasteiger partial charge in [-0.3, -0.25) is 9.69 Å². The third-order valence-corrected chi connectivity index (χ3v) is 9.29. The summed E-state index contributed by atoms with van der Waals surface area (Å²) in [7, 11) is 4.48. The maximum absolute atomic E-state index is 13.9. The van der Waals surface area contributed by atoms with Crippen LogP contribution in [0.3, 0.4) is 0 Å². The summed E-state index contributed by atoms with van der Waals surface area (Å²) in [5.41, 5.74) is 4.16. The van der Waals surface area contributed by atoms with Crippen molar-refractivity contribution in [2.45, 2.75) is 62.6 Å². The highest BCUT2D eigenvalue weighted by Gasteiger charge is 2.44. The van der Waals surface area contributed by atoms with Gasteiger partial charge in [-0.15, -0.1) is 0 Å². The number of benzene rings is 2. The summed E-state index contributed by atoms with van der Waals surface area (Å²) in [6.45, 7) is 4.69. The van der Waals surface area contributed by atoms with Crippen molar-refractivity contribution in [1.82, 2.24) is 20.0 Å². The van der Waals surface area contributed by atoms with Gasteiger partial charge in [0.2, 0.25) is 5.91 Å². The lowest BCUT2D eigenvalue weighted by molar-refractivity contribution is -0.136. The molecule has 1 spiro atoms. The van der Waals surface area contributed by atoms with Crippen LogP contribution in [0, 0.1) is 0 Å². The number of rotatable bonds is 6. The van der Waals surface area contributed by atoms with Crippen LogP contribution in [-0.4, -0.2) is 79.5 Å². The normalized spacial score (nSPS) is 23.4. The number of nitrogens with zero attached hydrogens (tertiary/aromatic N) is 3. The minimum Gasteiger partial charge on any atom is -0.341 e. The zero-order valence-electron chi connectivity index (χ0n) is 21.9. The monoisotopic (exact) mass is 508 g/mol. The summed E-state index contributed by atoms with van der Waals surface area (Å²) >= 11 is 6.13. The maximum Gasteiger partial charge on any atom is 0.240 e. The van der Waals surface area contributed by atoms with Gasteiger partial charge >= 0.3 is 0 Å². The van der Waals surface area contributed by atoms with Crippen LogP contribution in [0.2, 0.25) is 5.02 Å². The van der Waals surface area contributed by atoms with Gasteiger partial charge in [0.1, 0.15) is 0 Å². The molecule has 0 bridgehead atoms. The topological polar surface area (TPSA) is 38.8 Å². The molecule has 2 aromatic rings. The van der Waals surface area contributed by atoms with E-state index < -0.39 is 0 Å². The molecule has 5 rings (SSSR count). The minimum absolute atomic E-state index is 0.0511. The fraction of sp³-hybridized carbons (Fsp3) is 0.567. The number of halogens is 1. The summed E-state index contributed by atoms with van der Waals surface area (Å²) in [5.74, 6) is 0.241. The van der Waals surface area contributed by atoms with E-state index in [1.807, 2.05) is 12.1 Å². The number of carbonyl (C=O) groups excluding carboxylic acids is 1. The standard InChI is InChI=1S/C30H41ClN4O/c1-33-17-6-5-8-26(33)22-32-28(21-23-10-12-25(31)13-11-23)29(36)35-19-15-30(16-20-35)27-9-4-3-7-24(27)14-18-34(30)2/h3-4,7,9-13,26,28,32H,5-6,8,14-22H2,1-2H3/t26-,28-/m1/s1. The van der Waals surface area contributed by atoms with Crippen LogP contribution >= 0.6 is 11.6 Å². The third kappa shape index (κ3) is 5.35. The van der Waals surface area contributed by atoms with E-state index in [9.17, 15) is 4.79 Å². The molecule has 5 nitrogen and oxygen atoms in total. The van der Waals surface area contributed by atoms with Crippen LogP contribution in [0.15, 0.2) is 48.5 Å². The highest BCUT2D eigenvalue weighted by atomic mass is 35.5. The molecule has 3 heterocycles. The van der Waals surface area contributed by atoms with Crippen molar-refractivity contribution in [3.8, 4) is 0 Å². The Morgan fingerprint density at radius 1 is 1.03 bits per heavy atom. The van der Waals surface area contributed by atoms with Gasteiger partial charge in [0.05, 0.1) is 6.04 Å². The number of piperidine rings is 2. The second-order valence-electron chi connectivity index (χ2n) is 11.1. The third-order valence-electron chi connectivity index (χ3n) is 9.04. The Balaban J connectivity index is 1.29. The minimum atomic E-state index is -0.216. The van der Waals surface area contributed by atoms with Crippen LogP contribution in [0.1, 0.15) is 48.8 Å². The lowest BCUT2D eigenvalue weighted by atomic mass is 9.74. The molecule has 1 N–H and O–H groups in total. The average molecular weight is 509 g/mol. The number of hydrogen-bond donors (Lipinski definition) is 1. The molecule has 3 aliphatic heterocycles. The smallest absolute Gasteiger partial charge is 0.240 e. The molecular weight excluding hydrogens is 468 g/mol. The Morgan fingerprint density at radius 2 is 1.78 bits per heavy atom. The largest absolute Gasteiger partial charge is 0.341 e. The number of nitrogens with one attached hydrogen (secondary N) is 1. The molecule has 0 aromatic heterocycles. The molecule has 0 aliphatic carbocycles. The Kier molecular flexibility index (Phi) is 8.02. The summed E-state index contributed by atoms with van der Waals surface area (Å²) in [4.78, 5) is 21.0. The molecule has 194 valence electrons. The fourth-order valence-corrected chi connectivity index (χ4v) is 6.78. The highest BCUT2D eigenvalue weighted by Crippen LogP contribution is 2.42. The van der Waals surface area contributed by atoms with E-state index in [4.69, 9.17) is 11.6 Å². The lowest BCUT2D eigenvalue weighted by Crippen LogP contribution is -2.58. The predicted molar refractivity (Wildman–Crippen MR) is 147 cm³/mol.